The Morgan fingerprint density at radius 1 is 1.13 bits per heavy atom. The summed E-state index contributed by atoms with van der Waals surface area (Å²) in [5.74, 6) is 0.699. The molecule has 1 saturated heterocycles. The van der Waals surface area contributed by atoms with E-state index in [-0.39, 0.29) is 18.4 Å². The molecule has 12 heteroatoms. The van der Waals surface area contributed by atoms with Gasteiger partial charge in [-0.3, -0.25) is 9.59 Å². The molecule has 12 nitrogen and oxygen atoms in total. The highest BCUT2D eigenvalue weighted by atomic mass is 16.6. The molecule has 2 aliphatic rings. The van der Waals surface area contributed by atoms with Crippen molar-refractivity contribution < 1.29 is 19.1 Å². The number of nitrogens with one attached hydrogen (secondary N) is 3. The Morgan fingerprint density at radius 2 is 1.87 bits per heavy atom. The van der Waals surface area contributed by atoms with Crippen molar-refractivity contribution in [2.45, 2.75) is 38.1 Å². The summed E-state index contributed by atoms with van der Waals surface area (Å²) in [4.78, 5) is 54.0. The zero-order valence-corrected chi connectivity index (χ0v) is 22.4. The molecule has 3 heterocycles. The Labute approximate surface area is 226 Å². The summed E-state index contributed by atoms with van der Waals surface area (Å²) >= 11 is 0. The van der Waals surface area contributed by atoms with Crippen molar-refractivity contribution in [3.05, 3.63) is 42.4 Å². The Balaban J connectivity index is 1.35. The van der Waals surface area contributed by atoms with Gasteiger partial charge in [0.2, 0.25) is 11.8 Å². The summed E-state index contributed by atoms with van der Waals surface area (Å²) in [6, 6.07) is 6.69. The zero-order chi connectivity index (χ0) is 27.8. The van der Waals surface area contributed by atoms with E-state index in [0.29, 0.717) is 50.2 Å². The molecular weight excluding hydrogens is 500 g/mol. The molecule has 1 aliphatic carbocycles. The summed E-state index contributed by atoms with van der Waals surface area (Å²) in [5.41, 5.74) is 6.71. The maximum absolute atomic E-state index is 13.8. The number of piperidine rings is 1. The Bertz CT molecular complexity index is 1410. The number of aromatic nitrogens is 3. The van der Waals surface area contributed by atoms with Gasteiger partial charge in [0.25, 0.3) is 0 Å². The average molecular weight is 535 g/mol. The van der Waals surface area contributed by atoms with Crippen LogP contribution in [0.2, 0.25) is 0 Å². The monoisotopic (exact) mass is 534 g/mol. The minimum Gasteiger partial charge on any atom is -0.410 e. The SMILES string of the molecule is Cc1c[nH]c2ncnc(N3CCC(CNC(=O)C4(N)CC4)(C(=O)Nc4cccc(OC(=O)N(C)C)c4)CC3)c12. The number of amides is 3. The van der Waals surface area contributed by atoms with Gasteiger partial charge in [0.1, 0.15) is 23.5 Å². The van der Waals surface area contributed by atoms with Gasteiger partial charge in [-0.15, -0.1) is 0 Å². The number of carbonyl (C=O) groups excluding carboxylic acids is 3. The van der Waals surface area contributed by atoms with Gasteiger partial charge >= 0.3 is 6.09 Å². The lowest BCUT2D eigenvalue weighted by atomic mass is 9.77. The number of rotatable bonds is 7. The van der Waals surface area contributed by atoms with Crippen LogP contribution < -0.4 is 26.0 Å². The van der Waals surface area contributed by atoms with E-state index in [1.54, 1.807) is 38.4 Å². The van der Waals surface area contributed by atoms with E-state index in [1.165, 1.54) is 11.2 Å². The second kappa shape index (κ2) is 10.2. The van der Waals surface area contributed by atoms with Crippen LogP contribution in [-0.2, 0) is 9.59 Å². The first-order valence-electron chi connectivity index (χ1n) is 13.0. The van der Waals surface area contributed by atoms with Crippen LogP contribution in [0.3, 0.4) is 0 Å². The first kappa shape index (κ1) is 26.4. The topological polar surface area (TPSA) is 159 Å². The van der Waals surface area contributed by atoms with Crippen molar-refractivity contribution in [2.75, 3.05) is 43.9 Å². The molecule has 1 aliphatic heterocycles. The second-order valence-corrected chi connectivity index (χ2v) is 10.7. The number of benzene rings is 1. The van der Waals surface area contributed by atoms with Gasteiger partial charge in [0.05, 0.1) is 16.3 Å². The summed E-state index contributed by atoms with van der Waals surface area (Å²) in [6.07, 6.45) is 5.19. The van der Waals surface area contributed by atoms with Crippen LogP contribution in [0, 0.1) is 12.3 Å². The minimum absolute atomic E-state index is 0.169. The maximum atomic E-state index is 13.8. The molecule has 3 amide bonds. The number of aromatic amines is 1. The Hall–Kier alpha value is -4.19. The van der Waals surface area contributed by atoms with Gasteiger partial charge in [-0.05, 0) is 50.3 Å². The Morgan fingerprint density at radius 3 is 2.56 bits per heavy atom. The molecule has 1 aromatic carbocycles. The van der Waals surface area contributed by atoms with Crippen LogP contribution in [0.15, 0.2) is 36.8 Å². The molecule has 5 rings (SSSR count). The summed E-state index contributed by atoms with van der Waals surface area (Å²) < 4.78 is 5.34. The van der Waals surface area contributed by atoms with E-state index in [9.17, 15) is 14.4 Å². The van der Waals surface area contributed by atoms with Gasteiger partial charge in [-0.1, -0.05) is 6.07 Å². The molecule has 2 fully saturated rings. The van der Waals surface area contributed by atoms with Crippen LogP contribution in [0.1, 0.15) is 31.2 Å². The van der Waals surface area contributed by atoms with Crippen LogP contribution in [0.5, 0.6) is 5.75 Å². The molecule has 5 N–H and O–H groups in total. The molecule has 0 atom stereocenters. The van der Waals surface area contributed by atoms with Crippen molar-refractivity contribution >= 4 is 40.4 Å². The highest BCUT2D eigenvalue weighted by molar-refractivity contribution is 5.97. The fourth-order valence-corrected chi connectivity index (χ4v) is 4.85. The normalized spacial score (nSPS) is 17.4. The third-order valence-corrected chi connectivity index (χ3v) is 7.64. The van der Waals surface area contributed by atoms with E-state index in [1.807, 2.05) is 13.1 Å². The third-order valence-electron chi connectivity index (χ3n) is 7.64. The molecule has 0 bridgehead atoms. The fourth-order valence-electron chi connectivity index (χ4n) is 4.85. The van der Waals surface area contributed by atoms with Crippen molar-refractivity contribution in [1.82, 2.24) is 25.2 Å². The maximum Gasteiger partial charge on any atom is 0.414 e. The molecule has 0 spiro atoms. The van der Waals surface area contributed by atoms with Gasteiger partial charge in [-0.2, -0.15) is 0 Å². The molecule has 0 radical (unpaired) electrons. The van der Waals surface area contributed by atoms with Gasteiger partial charge in [-0.25, -0.2) is 14.8 Å². The van der Waals surface area contributed by atoms with E-state index in [0.717, 1.165) is 22.4 Å². The number of ether oxygens (including phenoxy) is 1. The average Bonchev–Trinajstić information content (AvgIpc) is 3.57. The smallest absolute Gasteiger partial charge is 0.410 e. The number of nitrogens with two attached hydrogens (primary N) is 1. The summed E-state index contributed by atoms with van der Waals surface area (Å²) in [6.45, 7) is 3.30. The second-order valence-electron chi connectivity index (χ2n) is 10.7. The fraction of sp³-hybridized carbons (Fsp3) is 0.444. The highest BCUT2D eigenvalue weighted by Gasteiger charge is 2.48. The molecule has 2 aromatic heterocycles. The first-order valence-corrected chi connectivity index (χ1v) is 13.0. The summed E-state index contributed by atoms with van der Waals surface area (Å²) in [7, 11) is 3.19. The molecule has 206 valence electrons. The predicted octanol–water partition coefficient (Wildman–Crippen LogP) is 2.16. The largest absolute Gasteiger partial charge is 0.414 e. The van der Waals surface area contributed by atoms with E-state index >= 15 is 0 Å². The van der Waals surface area contributed by atoms with Crippen molar-refractivity contribution in [2.24, 2.45) is 11.1 Å². The third kappa shape index (κ3) is 5.37. The number of fused-ring (bicyclic) bond motifs is 1. The van der Waals surface area contributed by atoms with E-state index in [4.69, 9.17) is 10.5 Å². The van der Waals surface area contributed by atoms with Crippen LogP contribution in [0.25, 0.3) is 11.0 Å². The summed E-state index contributed by atoms with van der Waals surface area (Å²) in [5, 5.41) is 6.90. The zero-order valence-electron chi connectivity index (χ0n) is 22.4. The number of hydrogen-bond donors (Lipinski definition) is 4. The van der Waals surface area contributed by atoms with Crippen LogP contribution in [-0.4, -0.2) is 77.0 Å². The quantitative estimate of drug-likeness (QED) is 0.359. The van der Waals surface area contributed by atoms with Gasteiger partial charge < -0.3 is 35.9 Å². The number of nitrogens with zero attached hydrogens (tertiary/aromatic N) is 4. The lowest BCUT2D eigenvalue weighted by Gasteiger charge is -2.41. The lowest BCUT2D eigenvalue weighted by Crippen LogP contribution is -2.54. The number of aryl methyl sites for hydroxylation is 1. The minimum atomic E-state index is -0.868. The predicted molar refractivity (Wildman–Crippen MR) is 146 cm³/mol. The number of anilines is 2. The van der Waals surface area contributed by atoms with Gasteiger partial charge in [0, 0.05) is 51.7 Å². The van der Waals surface area contributed by atoms with Gasteiger partial charge in [0.15, 0.2) is 0 Å². The van der Waals surface area contributed by atoms with Crippen molar-refractivity contribution in [3.63, 3.8) is 0 Å². The molecule has 1 saturated carbocycles. The van der Waals surface area contributed by atoms with Crippen LogP contribution >= 0.6 is 0 Å². The standard InChI is InChI=1S/C27H34N8O4/c1-17-14-29-21-20(17)22(32-16-31-21)35-11-9-26(10-12-35,15-30-24(37)27(28)7-8-27)23(36)33-18-5-4-6-19(13-18)39-25(38)34(2)3/h4-6,13-14,16H,7-12,15,28H2,1-3H3,(H,30,37)(H,33,36)(H,29,31,32). The lowest BCUT2D eigenvalue weighted by molar-refractivity contribution is -0.128. The molecular formula is C27H34N8O4. The highest BCUT2D eigenvalue weighted by Crippen LogP contribution is 2.37. The number of H-pyrrole nitrogens is 1. The number of hydrogen-bond acceptors (Lipinski definition) is 8. The van der Waals surface area contributed by atoms with E-state index in [2.05, 4.69) is 30.5 Å². The Kier molecular flexibility index (Phi) is 6.89. The van der Waals surface area contributed by atoms with Crippen molar-refractivity contribution in [1.29, 1.82) is 0 Å². The number of carbonyl (C=O) groups is 3. The van der Waals surface area contributed by atoms with Crippen molar-refractivity contribution in [3.8, 4) is 5.75 Å². The molecule has 3 aromatic rings. The molecule has 39 heavy (non-hydrogen) atoms. The molecule has 0 unspecified atom stereocenters. The van der Waals surface area contributed by atoms with E-state index < -0.39 is 17.0 Å². The van der Waals surface area contributed by atoms with Crippen LogP contribution in [0.4, 0.5) is 16.3 Å². The first-order chi connectivity index (χ1) is 18.6.